The van der Waals surface area contributed by atoms with Crippen LogP contribution < -0.4 is 5.32 Å². The van der Waals surface area contributed by atoms with Crippen molar-refractivity contribution >= 4 is 39.9 Å². The van der Waals surface area contributed by atoms with Crippen molar-refractivity contribution in [2.45, 2.75) is 20.3 Å². The second-order valence-corrected chi connectivity index (χ2v) is 4.77. The van der Waals surface area contributed by atoms with Crippen molar-refractivity contribution in [1.29, 1.82) is 0 Å². The summed E-state index contributed by atoms with van der Waals surface area (Å²) in [5.74, 6) is 0.863. The standard InChI is InChI=1S/C13H14Cl2N2/c1-4-8-6-9-11(15)7(2)5-10(14)12(9)17-13(8)16-3/h5-6H,4H2,1-3H3,(H,16,17). The molecule has 2 rings (SSSR count). The number of nitrogens with zero attached hydrogens (tertiary/aromatic N) is 1. The highest BCUT2D eigenvalue weighted by molar-refractivity contribution is 6.40. The second kappa shape index (κ2) is 4.71. The fourth-order valence-electron chi connectivity index (χ4n) is 1.92. The Morgan fingerprint density at radius 3 is 2.59 bits per heavy atom. The molecule has 0 radical (unpaired) electrons. The van der Waals surface area contributed by atoms with Gasteiger partial charge in [0.15, 0.2) is 0 Å². The molecule has 1 aromatic carbocycles. The zero-order valence-corrected chi connectivity index (χ0v) is 11.6. The number of pyridine rings is 1. The van der Waals surface area contributed by atoms with Gasteiger partial charge < -0.3 is 5.32 Å². The first-order valence-electron chi connectivity index (χ1n) is 5.54. The van der Waals surface area contributed by atoms with E-state index in [1.165, 1.54) is 0 Å². The lowest BCUT2D eigenvalue weighted by Gasteiger charge is -2.11. The smallest absolute Gasteiger partial charge is 0.129 e. The summed E-state index contributed by atoms with van der Waals surface area (Å²) in [5, 5.41) is 5.38. The fourth-order valence-corrected chi connectivity index (χ4v) is 2.43. The maximum atomic E-state index is 6.30. The highest BCUT2D eigenvalue weighted by atomic mass is 35.5. The van der Waals surface area contributed by atoms with Gasteiger partial charge in [-0.15, -0.1) is 0 Å². The van der Waals surface area contributed by atoms with Crippen molar-refractivity contribution in [3.05, 3.63) is 33.3 Å². The minimum absolute atomic E-state index is 0.640. The number of hydrogen-bond acceptors (Lipinski definition) is 2. The lowest BCUT2D eigenvalue weighted by molar-refractivity contribution is 1.12. The van der Waals surface area contributed by atoms with Crippen LogP contribution in [0.2, 0.25) is 10.0 Å². The van der Waals surface area contributed by atoms with Gasteiger partial charge in [-0.3, -0.25) is 0 Å². The van der Waals surface area contributed by atoms with Gasteiger partial charge in [0.05, 0.1) is 15.6 Å². The third-order valence-corrected chi connectivity index (χ3v) is 3.66. The lowest BCUT2D eigenvalue weighted by Crippen LogP contribution is -1.99. The molecule has 0 atom stereocenters. The Balaban J connectivity index is 2.87. The Bertz CT molecular complexity index is 579. The van der Waals surface area contributed by atoms with E-state index in [1.807, 2.05) is 20.0 Å². The van der Waals surface area contributed by atoms with Crippen LogP contribution in [0.15, 0.2) is 12.1 Å². The zero-order valence-electron chi connectivity index (χ0n) is 10.1. The molecule has 0 unspecified atom stereocenters. The number of fused-ring (bicyclic) bond motifs is 1. The van der Waals surface area contributed by atoms with Gasteiger partial charge in [-0.25, -0.2) is 4.98 Å². The molecule has 17 heavy (non-hydrogen) atoms. The van der Waals surface area contributed by atoms with Crippen LogP contribution in [-0.2, 0) is 6.42 Å². The maximum Gasteiger partial charge on any atom is 0.129 e. The number of aryl methyl sites for hydroxylation is 2. The van der Waals surface area contributed by atoms with Crippen molar-refractivity contribution in [3.63, 3.8) is 0 Å². The Morgan fingerprint density at radius 1 is 1.29 bits per heavy atom. The molecule has 0 saturated heterocycles. The minimum atomic E-state index is 0.640. The van der Waals surface area contributed by atoms with Gasteiger partial charge >= 0.3 is 0 Å². The molecule has 4 heteroatoms. The molecule has 0 saturated carbocycles. The molecule has 0 aliphatic heterocycles. The molecular weight excluding hydrogens is 255 g/mol. The molecule has 1 heterocycles. The largest absolute Gasteiger partial charge is 0.373 e. The first-order chi connectivity index (χ1) is 8.08. The van der Waals surface area contributed by atoms with E-state index < -0.39 is 0 Å². The van der Waals surface area contributed by atoms with Crippen LogP contribution in [0.25, 0.3) is 10.9 Å². The van der Waals surface area contributed by atoms with E-state index in [0.29, 0.717) is 5.02 Å². The van der Waals surface area contributed by atoms with Crippen LogP contribution >= 0.6 is 23.2 Å². The highest BCUT2D eigenvalue weighted by Crippen LogP contribution is 2.34. The lowest BCUT2D eigenvalue weighted by atomic mass is 10.1. The van der Waals surface area contributed by atoms with Crippen LogP contribution in [0.1, 0.15) is 18.1 Å². The van der Waals surface area contributed by atoms with Gasteiger partial charge in [0.25, 0.3) is 0 Å². The summed E-state index contributed by atoms with van der Waals surface area (Å²) >= 11 is 12.5. The quantitative estimate of drug-likeness (QED) is 0.870. The summed E-state index contributed by atoms with van der Waals surface area (Å²) < 4.78 is 0. The first-order valence-corrected chi connectivity index (χ1v) is 6.30. The summed E-state index contributed by atoms with van der Waals surface area (Å²) in [5.41, 5.74) is 2.87. The molecule has 0 spiro atoms. The number of rotatable bonds is 2. The molecule has 0 aliphatic rings. The molecule has 1 aromatic heterocycles. The monoisotopic (exact) mass is 268 g/mol. The maximum absolute atomic E-state index is 6.30. The molecule has 2 aromatic rings. The normalized spacial score (nSPS) is 10.9. The molecule has 2 nitrogen and oxygen atoms in total. The van der Waals surface area contributed by atoms with Crippen LogP contribution in [-0.4, -0.2) is 12.0 Å². The summed E-state index contributed by atoms with van der Waals surface area (Å²) in [6.07, 6.45) is 0.904. The third-order valence-electron chi connectivity index (χ3n) is 2.87. The van der Waals surface area contributed by atoms with Gasteiger partial charge in [-0.2, -0.15) is 0 Å². The van der Waals surface area contributed by atoms with Crippen LogP contribution in [0.3, 0.4) is 0 Å². The Hall–Kier alpha value is -0.990. The zero-order chi connectivity index (χ0) is 12.6. The summed E-state index contributed by atoms with van der Waals surface area (Å²) in [6, 6.07) is 3.92. The predicted octanol–water partition coefficient (Wildman–Crippen LogP) is 4.45. The van der Waals surface area contributed by atoms with E-state index in [-0.39, 0.29) is 0 Å². The third kappa shape index (κ3) is 2.07. The van der Waals surface area contributed by atoms with E-state index in [1.54, 1.807) is 0 Å². The van der Waals surface area contributed by atoms with Crippen molar-refractivity contribution < 1.29 is 0 Å². The Kier molecular flexibility index (Phi) is 3.45. The average molecular weight is 269 g/mol. The van der Waals surface area contributed by atoms with Gasteiger partial charge in [-0.1, -0.05) is 30.1 Å². The van der Waals surface area contributed by atoms with E-state index in [2.05, 4.69) is 23.3 Å². The first kappa shape index (κ1) is 12.5. The van der Waals surface area contributed by atoms with Crippen LogP contribution in [0.4, 0.5) is 5.82 Å². The number of aromatic nitrogens is 1. The molecule has 0 aliphatic carbocycles. The molecular formula is C13H14Cl2N2. The van der Waals surface area contributed by atoms with Crippen LogP contribution in [0, 0.1) is 6.92 Å². The number of hydrogen-bond donors (Lipinski definition) is 1. The second-order valence-electron chi connectivity index (χ2n) is 3.99. The van der Waals surface area contributed by atoms with E-state index in [9.17, 15) is 0 Å². The van der Waals surface area contributed by atoms with Gasteiger partial charge in [0.1, 0.15) is 5.82 Å². The number of halogens is 2. The van der Waals surface area contributed by atoms with Gasteiger partial charge in [0, 0.05) is 12.4 Å². The van der Waals surface area contributed by atoms with Crippen LogP contribution in [0.5, 0.6) is 0 Å². The van der Waals surface area contributed by atoms with Gasteiger partial charge in [0.2, 0.25) is 0 Å². The number of benzene rings is 1. The van der Waals surface area contributed by atoms with Crippen molar-refractivity contribution in [3.8, 4) is 0 Å². The average Bonchev–Trinajstić information content (AvgIpc) is 2.34. The number of anilines is 1. The summed E-state index contributed by atoms with van der Waals surface area (Å²) in [6.45, 7) is 4.04. The molecule has 0 amide bonds. The SMILES string of the molecule is CCc1cc2c(Cl)c(C)cc(Cl)c2nc1NC. The topological polar surface area (TPSA) is 24.9 Å². The van der Waals surface area contributed by atoms with Crippen molar-refractivity contribution in [1.82, 2.24) is 4.98 Å². The van der Waals surface area contributed by atoms with Gasteiger partial charge in [-0.05, 0) is 36.6 Å². The van der Waals surface area contributed by atoms with Crippen molar-refractivity contribution in [2.24, 2.45) is 0 Å². The fraction of sp³-hybridized carbons (Fsp3) is 0.308. The molecule has 0 fully saturated rings. The Morgan fingerprint density at radius 2 is 2.00 bits per heavy atom. The van der Waals surface area contributed by atoms with Crippen molar-refractivity contribution in [2.75, 3.05) is 12.4 Å². The highest BCUT2D eigenvalue weighted by Gasteiger charge is 2.11. The molecule has 1 N–H and O–H groups in total. The van der Waals surface area contributed by atoms with E-state index >= 15 is 0 Å². The summed E-state index contributed by atoms with van der Waals surface area (Å²) in [7, 11) is 1.86. The van der Waals surface area contributed by atoms with E-state index in [4.69, 9.17) is 23.2 Å². The minimum Gasteiger partial charge on any atom is -0.373 e. The Labute approximate surface area is 111 Å². The molecule has 0 bridgehead atoms. The summed E-state index contributed by atoms with van der Waals surface area (Å²) in [4.78, 5) is 4.54. The predicted molar refractivity (Wildman–Crippen MR) is 75.4 cm³/mol. The number of nitrogens with one attached hydrogen (secondary N) is 1. The molecule has 90 valence electrons. The van der Waals surface area contributed by atoms with E-state index in [0.717, 1.165) is 39.3 Å².